The second kappa shape index (κ2) is 15.3. The SMILES string of the molecule is C/C=N/N(CCO)/C1=C/c2c(Cl)ccc3c(c(C(=O)O)n(C)c23)CCCOc2cc(cc3cc(F)ccc23)SCc2sc(nc2C)CNC1. The Bertz CT molecular complexity index is 2090. The monoisotopic (exact) mass is 721 g/mol. The molecule has 9 nitrogen and oxygen atoms in total. The van der Waals surface area contributed by atoms with Crippen molar-refractivity contribution < 1.29 is 24.1 Å². The number of halogens is 2. The number of nitrogens with one attached hydrogen (secondary N) is 1. The van der Waals surface area contributed by atoms with Crippen LogP contribution in [0.3, 0.4) is 0 Å². The molecular formula is C36H37ClFN5O4S2. The Kier molecular flexibility index (Phi) is 10.9. The quantitative estimate of drug-likeness (QED) is 0.126. The number of rotatable bonds is 5. The first kappa shape index (κ1) is 34.9. The van der Waals surface area contributed by atoms with E-state index in [0.29, 0.717) is 65.7 Å². The van der Waals surface area contributed by atoms with Crippen molar-refractivity contribution in [1.82, 2.24) is 19.9 Å². The Morgan fingerprint density at radius 2 is 2.04 bits per heavy atom. The number of aromatic nitrogens is 2. The van der Waals surface area contributed by atoms with Crippen molar-refractivity contribution in [2.24, 2.45) is 12.1 Å². The van der Waals surface area contributed by atoms with Gasteiger partial charge in [0.2, 0.25) is 0 Å². The highest BCUT2D eigenvalue weighted by Crippen LogP contribution is 2.37. The van der Waals surface area contributed by atoms with Crippen LogP contribution in [-0.2, 0) is 25.8 Å². The highest BCUT2D eigenvalue weighted by atomic mass is 35.5. The molecule has 1 aliphatic heterocycles. The summed E-state index contributed by atoms with van der Waals surface area (Å²) in [6, 6.07) is 12.3. The van der Waals surface area contributed by atoms with Crippen molar-refractivity contribution >= 4 is 74.6 Å². The number of fused-ring (bicyclic) bond motifs is 6. The van der Waals surface area contributed by atoms with Crippen molar-refractivity contribution in [2.45, 2.75) is 43.9 Å². The predicted octanol–water partition coefficient (Wildman–Crippen LogP) is 7.64. The summed E-state index contributed by atoms with van der Waals surface area (Å²) < 4.78 is 22.3. The van der Waals surface area contributed by atoms with Crippen molar-refractivity contribution in [3.8, 4) is 5.75 Å². The Hall–Kier alpha value is -3.94. The van der Waals surface area contributed by atoms with Gasteiger partial charge in [-0.1, -0.05) is 17.7 Å². The number of benzene rings is 3. The lowest BCUT2D eigenvalue weighted by molar-refractivity contribution is 0.0685. The van der Waals surface area contributed by atoms with Crippen molar-refractivity contribution in [1.29, 1.82) is 0 Å². The summed E-state index contributed by atoms with van der Waals surface area (Å²) in [6.45, 7) is 5.15. The Balaban J connectivity index is 1.47. The molecule has 6 rings (SSSR count). The first-order chi connectivity index (χ1) is 23.7. The van der Waals surface area contributed by atoms with E-state index in [2.05, 4.69) is 10.4 Å². The van der Waals surface area contributed by atoms with Crippen LogP contribution in [-0.4, -0.2) is 63.3 Å². The molecule has 49 heavy (non-hydrogen) atoms. The second-order valence-electron chi connectivity index (χ2n) is 11.7. The Morgan fingerprint density at radius 1 is 1.22 bits per heavy atom. The van der Waals surface area contributed by atoms with E-state index in [0.717, 1.165) is 42.3 Å². The smallest absolute Gasteiger partial charge is 0.352 e. The molecule has 2 aromatic heterocycles. The zero-order valence-corrected chi connectivity index (χ0v) is 29.8. The minimum absolute atomic E-state index is 0.119. The van der Waals surface area contributed by atoms with E-state index < -0.39 is 5.97 Å². The fourth-order valence-corrected chi connectivity index (χ4v) is 8.60. The van der Waals surface area contributed by atoms with Crippen LogP contribution in [0.25, 0.3) is 27.8 Å². The van der Waals surface area contributed by atoms with Gasteiger partial charge in [-0.2, -0.15) is 5.10 Å². The number of nitrogens with zero attached hydrogens (tertiary/aromatic N) is 4. The van der Waals surface area contributed by atoms with Gasteiger partial charge in [0.05, 0.1) is 36.7 Å². The third-order valence-electron chi connectivity index (χ3n) is 8.43. The number of carboxylic acids is 1. The lowest BCUT2D eigenvalue weighted by Crippen LogP contribution is -2.28. The number of hydrazone groups is 1. The number of aliphatic hydroxyl groups is 1. The third-order valence-corrected chi connectivity index (χ3v) is 11.1. The van der Waals surface area contributed by atoms with Crippen molar-refractivity contribution in [2.75, 3.05) is 26.3 Å². The van der Waals surface area contributed by atoms with Gasteiger partial charge >= 0.3 is 5.97 Å². The summed E-state index contributed by atoms with van der Waals surface area (Å²) in [6.07, 6.45) is 4.56. The molecule has 0 fully saturated rings. The number of thioether (sulfide) groups is 1. The van der Waals surface area contributed by atoms with E-state index in [1.165, 1.54) is 12.1 Å². The molecule has 0 saturated carbocycles. The summed E-state index contributed by atoms with van der Waals surface area (Å²) in [7, 11) is 1.74. The maximum atomic E-state index is 14.3. The molecule has 0 amide bonds. The van der Waals surface area contributed by atoms with Gasteiger partial charge in [-0.15, -0.1) is 23.1 Å². The summed E-state index contributed by atoms with van der Waals surface area (Å²) >= 11 is 10.1. The first-order valence-corrected chi connectivity index (χ1v) is 18.1. The van der Waals surface area contributed by atoms with E-state index >= 15 is 0 Å². The molecule has 0 spiro atoms. The lowest BCUT2D eigenvalue weighted by Gasteiger charge is -2.22. The van der Waals surface area contributed by atoms with Crippen LogP contribution < -0.4 is 10.1 Å². The number of carbonyl (C=O) groups is 1. The molecular weight excluding hydrogens is 685 g/mol. The molecule has 256 valence electrons. The Labute approximate surface area is 297 Å². The zero-order valence-electron chi connectivity index (χ0n) is 27.4. The normalized spacial score (nSPS) is 15.7. The number of hydrogen-bond donors (Lipinski definition) is 3. The molecule has 8 bridgehead atoms. The van der Waals surface area contributed by atoms with E-state index in [9.17, 15) is 19.4 Å². The maximum absolute atomic E-state index is 14.3. The van der Waals surface area contributed by atoms with Gasteiger partial charge in [-0.05, 0) is 80.1 Å². The molecule has 0 saturated heterocycles. The maximum Gasteiger partial charge on any atom is 0.352 e. The molecule has 0 aliphatic carbocycles. The molecule has 13 heteroatoms. The number of aromatic carboxylic acids is 1. The van der Waals surface area contributed by atoms with Gasteiger partial charge in [-0.25, -0.2) is 14.2 Å². The minimum Gasteiger partial charge on any atom is -0.493 e. The summed E-state index contributed by atoms with van der Waals surface area (Å²) in [5.41, 5.74) is 3.92. The number of carboxylic acid groups (broad SMARTS) is 1. The summed E-state index contributed by atoms with van der Waals surface area (Å²) in [5.74, 6) is -0.00268. The first-order valence-electron chi connectivity index (χ1n) is 15.9. The van der Waals surface area contributed by atoms with Crippen LogP contribution in [0.4, 0.5) is 4.39 Å². The number of hydrogen-bond acceptors (Lipinski definition) is 9. The molecule has 3 aromatic carbocycles. The van der Waals surface area contributed by atoms with Crippen LogP contribution in [0.5, 0.6) is 5.75 Å². The van der Waals surface area contributed by atoms with Crippen LogP contribution in [0.1, 0.15) is 50.5 Å². The van der Waals surface area contributed by atoms with E-state index in [-0.39, 0.29) is 24.7 Å². The van der Waals surface area contributed by atoms with E-state index in [4.69, 9.17) is 21.3 Å². The standard InChI is InChI=1S/C36H37ClFN5O4S2/c1-4-40-43(11-12-44)24-16-29-30(37)10-9-28-27(35(36(45)46)42(3)34(28)29)6-5-13-47-31-17-25(15-22-14-23(38)7-8-26(22)31)48-20-32-21(2)41-33(49-32)19-39-18-24/h4,7-10,14-17,39,44H,5-6,11-13,18-20H2,1-3H3,(H,45,46)/b24-16+,40-4+. The molecule has 1 aliphatic rings. The van der Waals surface area contributed by atoms with Gasteiger partial charge in [0.15, 0.2) is 0 Å². The molecule has 3 N–H and O–H groups in total. The van der Waals surface area contributed by atoms with E-state index in [1.54, 1.807) is 58.1 Å². The fraction of sp³-hybridized carbons (Fsp3) is 0.306. The third kappa shape index (κ3) is 7.48. The average molecular weight is 722 g/mol. The Morgan fingerprint density at radius 3 is 2.82 bits per heavy atom. The van der Waals surface area contributed by atoms with Crippen LogP contribution in [0, 0.1) is 12.7 Å². The summed E-state index contributed by atoms with van der Waals surface area (Å²) in [4.78, 5) is 19.6. The summed E-state index contributed by atoms with van der Waals surface area (Å²) in [5, 5.41) is 33.7. The largest absolute Gasteiger partial charge is 0.493 e. The van der Waals surface area contributed by atoms with Crippen LogP contribution >= 0.6 is 34.7 Å². The molecule has 0 atom stereocenters. The molecule has 0 unspecified atom stereocenters. The van der Waals surface area contributed by atoms with Gasteiger partial charge in [0.25, 0.3) is 0 Å². The molecule has 3 heterocycles. The number of ether oxygens (including phenoxy) is 1. The highest BCUT2D eigenvalue weighted by molar-refractivity contribution is 7.98. The van der Waals surface area contributed by atoms with Crippen molar-refractivity contribution in [3.63, 3.8) is 0 Å². The fourth-order valence-electron chi connectivity index (χ4n) is 6.24. The lowest BCUT2D eigenvalue weighted by atomic mass is 10.0. The average Bonchev–Trinajstić information content (AvgIpc) is 3.57. The van der Waals surface area contributed by atoms with Gasteiger partial charge in [0, 0.05) is 63.2 Å². The van der Waals surface area contributed by atoms with Crippen LogP contribution in [0.15, 0.2) is 58.2 Å². The van der Waals surface area contributed by atoms with Crippen molar-refractivity contribution in [3.05, 3.63) is 91.4 Å². The molecule has 0 radical (unpaired) electrons. The zero-order chi connectivity index (χ0) is 34.7. The second-order valence-corrected chi connectivity index (χ2v) is 14.3. The van der Waals surface area contributed by atoms with Gasteiger partial charge < -0.3 is 24.8 Å². The molecule has 5 aromatic rings. The van der Waals surface area contributed by atoms with Gasteiger partial charge in [0.1, 0.15) is 22.3 Å². The minimum atomic E-state index is -1.04. The predicted molar refractivity (Wildman–Crippen MR) is 197 cm³/mol. The number of aliphatic hydroxyl groups excluding tert-OH is 1. The number of aryl methyl sites for hydroxylation is 3. The van der Waals surface area contributed by atoms with Gasteiger partial charge in [-0.3, -0.25) is 5.01 Å². The van der Waals surface area contributed by atoms with E-state index in [1.807, 2.05) is 38.1 Å². The topological polar surface area (TPSA) is 112 Å². The van der Waals surface area contributed by atoms with Crippen LogP contribution in [0.2, 0.25) is 5.02 Å². The highest BCUT2D eigenvalue weighted by Gasteiger charge is 2.24. The number of thiazole rings is 1.